The fraction of sp³-hybridized carbons (Fsp3) is 0.350. The smallest absolute Gasteiger partial charge is 0.241 e. The van der Waals surface area contributed by atoms with E-state index in [4.69, 9.17) is 11.6 Å². The van der Waals surface area contributed by atoms with E-state index in [0.29, 0.717) is 18.8 Å². The minimum atomic E-state index is -0.467. The normalized spacial score (nSPS) is 14.5. The lowest BCUT2D eigenvalue weighted by molar-refractivity contribution is -0.129. The summed E-state index contributed by atoms with van der Waals surface area (Å²) < 4.78 is 13.2. The Bertz CT molecular complexity index is 804. The van der Waals surface area contributed by atoms with Gasteiger partial charge < -0.3 is 15.1 Å². The van der Waals surface area contributed by atoms with E-state index in [1.165, 1.54) is 28.9 Å². The van der Waals surface area contributed by atoms with Crippen LogP contribution in [0.15, 0.2) is 36.4 Å². The van der Waals surface area contributed by atoms with Crippen molar-refractivity contribution in [2.75, 3.05) is 42.9 Å². The molecule has 0 unspecified atom stereocenters. The lowest BCUT2D eigenvalue weighted by Gasteiger charge is -2.37. The number of anilines is 2. The Labute approximate surface area is 158 Å². The molecule has 1 heterocycles. The first-order valence-corrected chi connectivity index (χ1v) is 9.11. The summed E-state index contributed by atoms with van der Waals surface area (Å²) in [7, 11) is 0. The van der Waals surface area contributed by atoms with Crippen LogP contribution in [0.4, 0.5) is 15.8 Å². The van der Waals surface area contributed by atoms with Gasteiger partial charge in [0.1, 0.15) is 5.82 Å². The first kappa shape index (κ1) is 18.5. The molecule has 1 amide bonds. The van der Waals surface area contributed by atoms with Gasteiger partial charge in [-0.1, -0.05) is 23.7 Å². The topological polar surface area (TPSA) is 35.6 Å². The van der Waals surface area contributed by atoms with E-state index in [9.17, 15) is 9.18 Å². The molecule has 138 valence electrons. The second-order valence-electron chi connectivity index (χ2n) is 6.57. The molecule has 1 saturated heterocycles. The van der Waals surface area contributed by atoms with E-state index >= 15 is 0 Å². The quantitative estimate of drug-likeness (QED) is 0.881. The first-order chi connectivity index (χ1) is 12.5. The number of nitrogens with one attached hydrogen (secondary N) is 1. The van der Waals surface area contributed by atoms with Crippen molar-refractivity contribution in [1.29, 1.82) is 0 Å². The van der Waals surface area contributed by atoms with Crippen molar-refractivity contribution < 1.29 is 9.18 Å². The summed E-state index contributed by atoms with van der Waals surface area (Å²) in [5, 5.41) is 3.06. The Morgan fingerprint density at radius 2 is 1.88 bits per heavy atom. The maximum Gasteiger partial charge on any atom is 0.241 e. The van der Waals surface area contributed by atoms with Crippen molar-refractivity contribution in [1.82, 2.24) is 4.90 Å². The maximum absolute atomic E-state index is 13.2. The van der Waals surface area contributed by atoms with Gasteiger partial charge in [0.25, 0.3) is 0 Å². The van der Waals surface area contributed by atoms with Crippen LogP contribution in [-0.2, 0) is 4.79 Å². The van der Waals surface area contributed by atoms with Gasteiger partial charge in [0, 0.05) is 37.6 Å². The molecule has 0 atom stereocenters. The predicted octanol–water partition coefficient (Wildman–Crippen LogP) is 3.86. The van der Waals surface area contributed by atoms with E-state index in [1.807, 2.05) is 4.90 Å². The van der Waals surface area contributed by atoms with E-state index in [1.54, 1.807) is 6.07 Å². The van der Waals surface area contributed by atoms with E-state index in [2.05, 4.69) is 42.3 Å². The molecular formula is C20H23ClFN3O. The molecule has 1 aliphatic rings. The average Bonchev–Trinajstić information content (AvgIpc) is 2.65. The van der Waals surface area contributed by atoms with Gasteiger partial charge in [0.2, 0.25) is 5.91 Å². The Morgan fingerprint density at radius 1 is 1.15 bits per heavy atom. The van der Waals surface area contributed by atoms with E-state index < -0.39 is 5.82 Å². The van der Waals surface area contributed by atoms with Gasteiger partial charge in [-0.15, -0.1) is 0 Å². The van der Waals surface area contributed by atoms with Crippen molar-refractivity contribution in [2.45, 2.75) is 13.8 Å². The summed E-state index contributed by atoms with van der Waals surface area (Å²) in [5.41, 5.74) is 4.46. The molecule has 26 heavy (non-hydrogen) atoms. The first-order valence-electron chi connectivity index (χ1n) is 8.73. The summed E-state index contributed by atoms with van der Waals surface area (Å²) >= 11 is 5.76. The van der Waals surface area contributed by atoms with Crippen molar-refractivity contribution in [3.05, 3.63) is 58.4 Å². The number of piperazine rings is 1. The molecule has 0 spiro atoms. The van der Waals surface area contributed by atoms with Crippen LogP contribution >= 0.6 is 11.6 Å². The molecule has 0 bridgehead atoms. The molecule has 0 aliphatic carbocycles. The lowest BCUT2D eigenvalue weighted by Crippen LogP contribution is -2.50. The van der Waals surface area contributed by atoms with Crippen LogP contribution in [-0.4, -0.2) is 43.5 Å². The molecule has 2 aromatic carbocycles. The Balaban J connectivity index is 1.53. The maximum atomic E-state index is 13.2. The predicted molar refractivity (Wildman–Crippen MR) is 105 cm³/mol. The largest absolute Gasteiger partial charge is 0.376 e. The SMILES string of the molecule is Cc1cccc(N2CCN(C(=O)CNc3ccc(F)c(Cl)c3)CC2)c1C. The van der Waals surface area contributed by atoms with E-state index in [0.717, 1.165) is 13.1 Å². The average molecular weight is 376 g/mol. The second-order valence-corrected chi connectivity index (χ2v) is 6.98. The number of carbonyl (C=O) groups is 1. The minimum absolute atomic E-state index is 0.0334. The van der Waals surface area contributed by atoms with Gasteiger partial charge in [-0.2, -0.15) is 0 Å². The lowest BCUT2D eigenvalue weighted by atomic mass is 10.1. The number of carbonyl (C=O) groups excluding carboxylic acids is 1. The van der Waals surface area contributed by atoms with Gasteiger partial charge in [-0.3, -0.25) is 4.79 Å². The van der Waals surface area contributed by atoms with Crippen LogP contribution in [0.5, 0.6) is 0 Å². The number of amides is 1. The molecular weight excluding hydrogens is 353 g/mol. The molecule has 1 fully saturated rings. The monoisotopic (exact) mass is 375 g/mol. The number of aryl methyl sites for hydroxylation is 1. The summed E-state index contributed by atoms with van der Waals surface area (Å²) in [6.45, 7) is 7.45. The van der Waals surface area contributed by atoms with Crippen molar-refractivity contribution in [3.8, 4) is 0 Å². The standard InChI is InChI=1S/C20H23ClFN3O/c1-14-4-3-5-19(15(14)2)24-8-10-25(11-9-24)20(26)13-23-16-6-7-18(22)17(21)12-16/h3-7,12,23H,8-11,13H2,1-2H3. The van der Waals surface area contributed by atoms with Crippen molar-refractivity contribution in [2.24, 2.45) is 0 Å². The van der Waals surface area contributed by atoms with Crippen LogP contribution < -0.4 is 10.2 Å². The third kappa shape index (κ3) is 4.10. The highest BCUT2D eigenvalue weighted by Gasteiger charge is 2.22. The summed E-state index contributed by atoms with van der Waals surface area (Å²) in [4.78, 5) is 16.6. The molecule has 4 nitrogen and oxygen atoms in total. The molecule has 0 radical (unpaired) electrons. The van der Waals surface area contributed by atoms with Crippen LogP contribution in [0.1, 0.15) is 11.1 Å². The van der Waals surface area contributed by atoms with Crippen LogP contribution in [0, 0.1) is 19.7 Å². The number of halogens is 2. The summed E-state index contributed by atoms with van der Waals surface area (Å²) in [6, 6.07) is 10.7. The zero-order chi connectivity index (χ0) is 18.7. The molecule has 3 rings (SSSR count). The van der Waals surface area contributed by atoms with Gasteiger partial charge in [-0.05, 0) is 49.2 Å². The van der Waals surface area contributed by atoms with Gasteiger partial charge in [0.15, 0.2) is 0 Å². The number of rotatable bonds is 4. The number of benzene rings is 2. The highest BCUT2D eigenvalue weighted by molar-refractivity contribution is 6.31. The fourth-order valence-corrected chi connectivity index (χ4v) is 3.35. The molecule has 1 aliphatic heterocycles. The second kappa shape index (κ2) is 7.96. The summed E-state index contributed by atoms with van der Waals surface area (Å²) in [6.07, 6.45) is 0. The zero-order valence-corrected chi connectivity index (χ0v) is 15.8. The van der Waals surface area contributed by atoms with Crippen LogP contribution in [0.3, 0.4) is 0 Å². The van der Waals surface area contributed by atoms with E-state index in [-0.39, 0.29) is 17.5 Å². The molecule has 0 saturated carbocycles. The Kier molecular flexibility index (Phi) is 5.67. The number of hydrogen-bond donors (Lipinski definition) is 1. The third-order valence-corrected chi connectivity index (χ3v) is 5.20. The number of nitrogens with zero attached hydrogens (tertiary/aromatic N) is 2. The summed E-state index contributed by atoms with van der Waals surface area (Å²) in [5.74, 6) is -0.433. The zero-order valence-electron chi connectivity index (χ0n) is 15.1. The number of hydrogen-bond acceptors (Lipinski definition) is 3. The molecule has 6 heteroatoms. The highest BCUT2D eigenvalue weighted by atomic mass is 35.5. The molecule has 0 aromatic heterocycles. The van der Waals surface area contributed by atoms with Gasteiger partial charge in [0.05, 0.1) is 11.6 Å². The fourth-order valence-electron chi connectivity index (χ4n) is 3.17. The van der Waals surface area contributed by atoms with Crippen LogP contribution in [0.25, 0.3) is 0 Å². The van der Waals surface area contributed by atoms with Gasteiger partial charge >= 0.3 is 0 Å². The van der Waals surface area contributed by atoms with Crippen molar-refractivity contribution >= 4 is 28.9 Å². The minimum Gasteiger partial charge on any atom is -0.376 e. The molecule has 1 N–H and O–H groups in total. The molecule has 2 aromatic rings. The Morgan fingerprint density at radius 3 is 2.58 bits per heavy atom. The Hall–Kier alpha value is -2.27. The highest BCUT2D eigenvalue weighted by Crippen LogP contribution is 2.24. The van der Waals surface area contributed by atoms with Crippen molar-refractivity contribution in [3.63, 3.8) is 0 Å². The third-order valence-electron chi connectivity index (χ3n) is 4.91. The van der Waals surface area contributed by atoms with Crippen LogP contribution in [0.2, 0.25) is 5.02 Å². The van der Waals surface area contributed by atoms with Gasteiger partial charge in [-0.25, -0.2) is 4.39 Å².